The lowest BCUT2D eigenvalue weighted by molar-refractivity contribution is -0.143. The zero-order chi connectivity index (χ0) is 12.8. The van der Waals surface area contributed by atoms with Gasteiger partial charge in [0.25, 0.3) is 0 Å². The van der Waals surface area contributed by atoms with E-state index in [-0.39, 0.29) is 0 Å². The number of hydrogen-bond donors (Lipinski definition) is 1. The van der Waals surface area contributed by atoms with Crippen LogP contribution < -0.4 is 4.74 Å². The third-order valence-electron chi connectivity index (χ3n) is 2.84. The normalized spacial score (nSPS) is 12.5. The highest BCUT2D eigenvalue weighted by Crippen LogP contribution is 2.29. The summed E-state index contributed by atoms with van der Waals surface area (Å²) in [5, 5.41) is 9.38. The van der Waals surface area contributed by atoms with E-state index in [2.05, 4.69) is 0 Å². The van der Waals surface area contributed by atoms with E-state index in [1.807, 2.05) is 30.9 Å². The van der Waals surface area contributed by atoms with E-state index in [1.165, 1.54) is 0 Å². The lowest BCUT2D eigenvalue weighted by Gasteiger charge is -2.27. The first-order valence-corrected chi connectivity index (χ1v) is 5.75. The Bertz CT molecular complexity index is 375. The summed E-state index contributed by atoms with van der Waals surface area (Å²) >= 11 is 0. The van der Waals surface area contributed by atoms with Gasteiger partial charge in [0.05, 0.1) is 7.11 Å². The van der Waals surface area contributed by atoms with Crippen molar-refractivity contribution in [3.05, 3.63) is 29.8 Å². The fraction of sp³-hybridized carbons (Fsp3) is 0.462. The maximum absolute atomic E-state index is 11.4. The molecule has 1 aromatic carbocycles. The van der Waals surface area contributed by atoms with Gasteiger partial charge in [-0.2, -0.15) is 0 Å². The lowest BCUT2D eigenvalue weighted by Crippen LogP contribution is -2.34. The molecule has 4 nitrogen and oxygen atoms in total. The Kier molecular flexibility index (Phi) is 4.97. The van der Waals surface area contributed by atoms with Crippen molar-refractivity contribution in [3.63, 3.8) is 0 Å². The smallest absolute Gasteiger partial charge is 0.325 e. The van der Waals surface area contributed by atoms with Crippen LogP contribution >= 0.6 is 0 Å². The lowest BCUT2D eigenvalue weighted by atomic mass is 10.0. The van der Waals surface area contributed by atoms with Gasteiger partial charge in [0.15, 0.2) is 0 Å². The summed E-state index contributed by atoms with van der Waals surface area (Å²) in [5.74, 6) is -0.231. The topological polar surface area (TPSA) is 49.8 Å². The maximum atomic E-state index is 11.4. The molecule has 0 heterocycles. The Balaban J connectivity index is 3.17. The summed E-state index contributed by atoms with van der Waals surface area (Å²) in [6, 6.07) is 6.60. The fourth-order valence-electron chi connectivity index (χ4n) is 1.97. The molecule has 0 aliphatic rings. The molecule has 0 saturated heterocycles. The highest BCUT2D eigenvalue weighted by atomic mass is 16.5. The van der Waals surface area contributed by atoms with Crippen molar-refractivity contribution in [2.45, 2.75) is 19.9 Å². The first-order chi connectivity index (χ1) is 8.15. The van der Waals surface area contributed by atoms with Gasteiger partial charge in [-0.3, -0.25) is 9.69 Å². The predicted molar refractivity (Wildman–Crippen MR) is 66.3 cm³/mol. The van der Waals surface area contributed by atoms with Gasteiger partial charge in [-0.25, -0.2) is 0 Å². The van der Waals surface area contributed by atoms with Crippen LogP contribution in [0.25, 0.3) is 0 Å². The summed E-state index contributed by atoms with van der Waals surface area (Å²) in [6.07, 6.45) is 0. The van der Waals surface area contributed by atoms with Gasteiger partial charge < -0.3 is 9.84 Å². The predicted octanol–water partition coefficient (Wildman–Crippen LogP) is 2.16. The van der Waals surface area contributed by atoms with Gasteiger partial charge in [0.2, 0.25) is 0 Å². The molecule has 1 N–H and O–H groups in total. The van der Waals surface area contributed by atoms with E-state index >= 15 is 0 Å². The van der Waals surface area contributed by atoms with Crippen LogP contribution in [-0.4, -0.2) is 36.2 Å². The number of ether oxygens (including phenoxy) is 1. The van der Waals surface area contributed by atoms with Crippen molar-refractivity contribution in [1.82, 2.24) is 4.90 Å². The van der Waals surface area contributed by atoms with E-state index in [0.717, 1.165) is 0 Å². The molecule has 1 aromatic rings. The molecule has 0 aliphatic heterocycles. The molecule has 0 aromatic heterocycles. The van der Waals surface area contributed by atoms with E-state index in [1.54, 1.807) is 19.2 Å². The molecule has 0 radical (unpaired) electrons. The molecular weight excluding hydrogens is 218 g/mol. The van der Waals surface area contributed by atoms with Crippen molar-refractivity contribution in [2.24, 2.45) is 0 Å². The maximum Gasteiger partial charge on any atom is 0.325 e. The third-order valence-corrected chi connectivity index (χ3v) is 2.84. The van der Waals surface area contributed by atoms with Crippen molar-refractivity contribution < 1.29 is 14.6 Å². The number of rotatable bonds is 6. The molecular formula is C13H19NO3. The monoisotopic (exact) mass is 237 g/mol. The van der Waals surface area contributed by atoms with E-state index < -0.39 is 12.0 Å². The zero-order valence-corrected chi connectivity index (χ0v) is 10.5. The minimum absolute atomic E-state index is 0.617. The number of carboxylic acid groups (broad SMARTS) is 1. The number of aliphatic carboxylic acids is 1. The second kappa shape index (κ2) is 6.25. The van der Waals surface area contributed by atoms with Gasteiger partial charge in [-0.15, -0.1) is 0 Å². The molecule has 1 rings (SSSR count). The molecule has 0 amide bonds. The van der Waals surface area contributed by atoms with Gasteiger partial charge in [0.1, 0.15) is 11.8 Å². The Morgan fingerprint density at radius 3 is 2.41 bits per heavy atom. The highest BCUT2D eigenvalue weighted by Gasteiger charge is 2.27. The molecule has 94 valence electrons. The molecule has 17 heavy (non-hydrogen) atoms. The number of benzene rings is 1. The molecule has 0 unspecified atom stereocenters. The second-order valence-corrected chi connectivity index (χ2v) is 3.70. The van der Waals surface area contributed by atoms with Crippen LogP contribution in [-0.2, 0) is 4.79 Å². The molecule has 0 bridgehead atoms. The number of carboxylic acids is 1. The quantitative estimate of drug-likeness (QED) is 0.823. The summed E-state index contributed by atoms with van der Waals surface area (Å²) in [6.45, 7) is 5.28. The largest absolute Gasteiger partial charge is 0.496 e. The number of methoxy groups -OCH3 is 1. The van der Waals surface area contributed by atoms with Gasteiger partial charge in [0, 0.05) is 5.56 Å². The minimum Gasteiger partial charge on any atom is -0.496 e. The van der Waals surface area contributed by atoms with Gasteiger partial charge in [-0.05, 0) is 19.2 Å². The zero-order valence-electron chi connectivity index (χ0n) is 10.5. The number of para-hydroxylation sites is 1. The summed E-state index contributed by atoms with van der Waals surface area (Å²) in [4.78, 5) is 13.3. The van der Waals surface area contributed by atoms with E-state index in [0.29, 0.717) is 24.4 Å². The minimum atomic E-state index is -0.849. The molecule has 0 fully saturated rings. The van der Waals surface area contributed by atoms with Crippen LogP contribution in [0, 0.1) is 0 Å². The molecule has 0 spiro atoms. The second-order valence-electron chi connectivity index (χ2n) is 3.70. The molecule has 4 heteroatoms. The van der Waals surface area contributed by atoms with Crippen molar-refractivity contribution in [1.29, 1.82) is 0 Å². The Labute approximate surface area is 102 Å². The first-order valence-electron chi connectivity index (χ1n) is 5.75. The standard InChI is InChI=1S/C13H19NO3/c1-4-14(5-2)12(13(15)16)10-8-6-7-9-11(10)17-3/h6-9,12H,4-5H2,1-3H3,(H,15,16)/t12-/m1/s1. The van der Waals surface area contributed by atoms with Crippen LogP contribution in [0.3, 0.4) is 0 Å². The SMILES string of the molecule is CCN(CC)[C@@H](C(=O)O)c1ccccc1OC. The van der Waals surface area contributed by atoms with E-state index in [4.69, 9.17) is 4.74 Å². The summed E-state index contributed by atoms with van der Waals surface area (Å²) in [5.41, 5.74) is 0.700. The molecule has 0 saturated carbocycles. The number of nitrogens with zero attached hydrogens (tertiary/aromatic N) is 1. The summed E-state index contributed by atoms with van der Waals surface area (Å²) < 4.78 is 5.23. The average molecular weight is 237 g/mol. The number of hydrogen-bond acceptors (Lipinski definition) is 3. The Hall–Kier alpha value is -1.55. The van der Waals surface area contributed by atoms with Crippen LogP contribution in [0.2, 0.25) is 0 Å². The first kappa shape index (κ1) is 13.5. The highest BCUT2D eigenvalue weighted by molar-refractivity contribution is 5.76. The van der Waals surface area contributed by atoms with Gasteiger partial charge >= 0.3 is 5.97 Å². The fourth-order valence-corrected chi connectivity index (χ4v) is 1.97. The van der Waals surface area contributed by atoms with Crippen molar-refractivity contribution >= 4 is 5.97 Å². The van der Waals surface area contributed by atoms with Crippen molar-refractivity contribution in [3.8, 4) is 5.75 Å². The average Bonchev–Trinajstić information content (AvgIpc) is 2.35. The Morgan fingerprint density at radius 2 is 1.94 bits per heavy atom. The Morgan fingerprint density at radius 1 is 1.35 bits per heavy atom. The van der Waals surface area contributed by atoms with Crippen LogP contribution in [0.5, 0.6) is 5.75 Å². The summed E-state index contributed by atoms with van der Waals surface area (Å²) in [7, 11) is 1.56. The van der Waals surface area contributed by atoms with Crippen LogP contribution in [0.4, 0.5) is 0 Å². The van der Waals surface area contributed by atoms with Crippen LogP contribution in [0.15, 0.2) is 24.3 Å². The third kappa shape index (κ3) is 2.97. The molecule has 1 atom stereocenters. The molecule has 0 aliphatic carbocycles. The van der Waals surface area contributed by atoms with Gasteiger partial charge in [-0.1, -0.05) is 32.0 Å². The number of carbonyl (C=O) groups is 1. The van der Waals surface area contributed by atoms with Crippen LogP contribution in [0.1, 0.15) is 25.5 Å². The van der Waals surface area contributed by atoms with Crippen molar-refractivity contribution in [2.75, 3.05) is 20.2 Å². The number of likely N-dealkylation sites (N-methyl/N-ethyl adjacent to an activating group) is 1. The van der Waals surface area contributed by atoms with E-state index in [9.17, 15) is 9.90 Å².